The summed E-state index contributed by atoms with van der Waals surface area (Å²) in [5, 5.41) is 2.93. The van der Waals surface area contributed by atoms with Crippen molar-refractivity contribution < 1.29 is 22.7 Å². The number of carbonyl (C=O) groups excluding carboxylic acids is 1. The lowest BCUT2D eigenvalue weighted by atomic mass is 10.0. The van der Waals surface area contributed by atoms with Gasteiger partial charge < -0.3 is 15.0 Å². The fourth-order valence-electron chi connectivity index (χ4n) is 2.32. The number of piperazine rings is 1. The van der Waals surface area contributed by atoms with E-state index in [2.05, 4.69) is 5.32 Å². The van der Waals surface area contributed by atoms with Crippen LogP contribution in [0.4, 0.5) is 18.0 Å². The van der Waals surface area contributed by atoms with Crippen LogP contribution in [-0.4, -0.2) is 36.2 Å². The molecule has 1 aromatic carbocycles. The Kier molecular flexibility index (Phi) is 4.65. The minimum absolute atomic E-state index is 0.0500. The first kappa shape index (κ1) is 16.6. The lowest BCUT2D eigenvalue weighted by Gasteiger charge is -2.35. The van der Waals surface area contributed by atoms with Gasteiger partial charge in [0.15, 0.2) is 0 Å². The Labute approximate surface area is 127 Å². The van der Waals surface area contributed by atoms with E-state index in [1.165, 1.54) is 4.90 Å². The molecule has 0 aliphatic carbocycles. The molecule has 0 saturated carbocycles. The minimum atomic E-state index is -0.974. The Morgan fingerprint density at radius 3 is 2.41 bits per heavy atom. The summed E-state index contributed by atoms with van der Waals surface area (Å²) in [4.78, 5) is 13.4. The van der Waals surface area contributed by atoms with Crippen molar-refractivity contribution in [2.24, 2.45) is 0 Å². The first-order valence-corrected chi connectivity index (χ1v) is 7.03. The number of rotatable bonds is 1. The number of ether oxygens (including phenoxy) is 1. The van der Waals surface area contributed by atoms with E-state index in [9.17, 15) is 18.0 Å². The highest BCUT2D eigenvalue weighted by Crippen LogP contribution is 2.25. The second-order valence-electron chi connectivity index (χ2n) is 6.22. The molecule has 2 rings (SSSR count). The van der Waals surface area contributed by atoms with Crippen LogP contribution < -0.4 is 5.32 Å². The molecule has 7 heteroatoms. The maximum atomic E-state index is 13.8. The normalized spacial score (nSPS) is 19.2. The van der Waals surface area contributed by atoms with E-state index in [1.807, 2.05) is 0 Å². The Morgan fingerprint density at radius 2 is 1.86 bits per heavy atom. The van der Waals surface area contributed by atoms with Crippen LogP contribution in [0.15, 0.2) is 12.1 Å². The number of nitrogens with zero attached hydrogens (tertiary/aromatic N) is 1. The molecular formula is C15H19F3N2O2. The van der Waals surface area contributed by atoms with Crippen LogP contribution in [0.1, 0.15) is 32.4 Å². The fourth-order valence-corrected chi connectivity index (χ4v) is 2.32. The molecule has 1 fully saturated rings. The van der Waals surface area contributed by atoms with E-state index in [0.29, 0.717) is 25.2 Å². The summed E-state index contributed by atoms with van der Waals surface area (Å²) >= 11 is 0. The molecule has 1 aromatic rings. The van der Waals surface area contributed by atoms with E-state index < -0.39 is 35.2 Å². The highest BCUT2D eigenvalue weighted by atomic mass is 19.1. The monoisotopic (exact) mass is 316 g/mol. The molecule has 1 atom stereocenters. The Hall–Kier alpha value is -1.76. The van der Waals surface area contributed by atoms with Gasteiger partial charge in [0.05, 0.1) is 6.04 Å². The molecule has 4 nitrogen and oxygen atoms in total. The molecule has 0 aromatic heterocycles. The standard InChI is InChI=1S/C15H19F3N2O2/c1-15(2,3)22-14(21)20-5-4-19-12(8-20)13-10(17)6-9(16)7-11(13)18/h6-7,12,19H,4-5,8H2,1-3H3. The molecule has 1 saturated heterocycles. The molecule has 1 aliphatic rings. The van der Waals surface area contributed by atoms with Crippen molar-refractivity contribution in [2.75, 3.05) is 19.6 Å². The van der Waals surface area contributed by atoms with Gasteiger partial charge in [0.2, 0.25) is 0 Å². The zero-order chi connectivity index (χ0) is 16.5. The lowest BCUT2D eigenvalue weighted by Crippen LogP contribution is -2.50. The van der Waals surface area contributed by atoms with Crippen molar-refractivity contribution in [3.8, 4) is 0 Å². The first-order chi connectivity index (χ1) is 10.2. The van der Waals surface area contributed by atoms with Gasteiger partial charge in [-0.2, -0.15) is 0 Å². The van der Waals surface area contributed by atoms with Gasteiger partial charge in [0.1, 0.15) is 23.1 Å². The average Bonchev–Trinajstić information content (AvgIpc) is 2.35. The second-order valence-corrected chi connectivity index (χ2v) is 6.22. The number of carbonyl (C=O) groups is 1. The second kappa shape index (κ2) is 6.16. The van der Waals surface area contributed by atoms with Gasteiger partial charge in [-0.15, -0.1) is 0 Å². The minimum Gasteiger partial charge on any atom is -0.444 e. The molecule has 1 amide bonds. The quantitative estimate of drug-likeness (QED) is 0.866. The van der Waals surface area contributed by atoms with E-state index >= 15 is 0 Å². The molecule has 22 heavy (non-hydrogen) atoms. The number of amides is 1. The number of hydrogen-bond donors (Lipinski definition) is 1. The SMILES string of the molecule is CC(C)(C)OC(=O)N1CCNC(c2c(F)cc(F)cc2F)C1. The topological polar surface area (TPSA) is 41.6 Å². The summed E-state index contributed by atoms with van der Waals surface area (Å²) in [7, 11) is 0. The first-order valence-electron chi connectivity index (χ1n) is 7.03. The van der Waals surface area contributed by atoms with E-state index in [4.69, 9.17) is 4.74 Å². The third-order valence-corrected chi connectivity index (χ3v) is 3.22. The predicted molar refractivity (Wildman–Crippen MR) is 74.9 cm³/mol. The van der Waals surface area contributed by atoms with Gasteiger partial charge >= 0.3 is 6.09 Å². The average molecular weight is 316 g/mol. The smallest absolute Gasteiger partial charge is 0.410 e. The van der Waals surface area contributed by atoms with Crippen LogP contribution in [0.25, 0.3) is 0 Å². The van der Waals surface area contributed by atoms with Gasteiger partial charge in [0, 0.05) is 37.3 Å². The Balaban J connectivity index is 2.16. The lowest BCUT2D eigenvalue weighted by molar-refractivity contribution is 0.0192. The molecule has 1 heterocycles. The van der Waals surface area contributed by atoms with Gasteiger partial charge in [0.25, 0.3) is 0 Å². The molecule has 1 N–H and O–H groups in total. The molecular weight excluding hydrogens is 297 g/mol. The molecule has 0 spiro atoms. The van der Waals surface area contributed by atoms with Crippen molar-refractivity contribution >= 4 is 6.09 Å². The zero-order valence-electron chi connectivity index (χ0n) is 12.8. The van der Waals surface area contributed by atoms with Crippen LogP contribution in [-0.2, 0) is 4.74 Å². The van der Waals surface area contributed by atoms with Crippen LogP contribution in [0.2, 0.25) is 0 Å². The van der Waals surface area contributed by atoms with E-state index in [1.54, 1.807) is 20.8 Å². The Morgan fingerprint density at radius 1 is 1.27 bits per heavy atom. The predicted octanol–water partition coefficient (Wildman–Crippen LogP) is 2.99. The maximum Gasteiger partial charge on any atom is 0.410 e. The zero-order valence-corrected chi connectivity index (χ0v) is 12.8. The van der Waals surface area contributed by atoms with Gasteiger partial charge in [-0.05, 0) is 20.8 Å². The third-order valence-electron chi connectivity index (χ3n) is 3.22. The van der Waals surface area contributed by atoms with Crippen LogP contribution in [0.5, 0.6) is 0 Å². The summed E-state index contributed by atoms with van der Waals surface area (Å²) in [6.45, 7) is 6.00. The van der Waals surface area contributed by atoms with Crippen LogP contribution in [0, 0.1) is 17.5 Å². The Bertz CT molecular complexity index is 549. The molecule has 1 aliphatic heterocycles. The maximum absolute atomic E-state index is 13.8. The number of benzene rings is 1. The summed E-state index contributed by atoms with van der Waals surface area (Å²) in [6.07, 6.45) is -0.540. The number of halogens is 3. The van der Waals surface area contributed by atoms with E-state index in [-0.39, 0.29) is 12.1 Å². The summed E-state index contributed by atoms with van der Waals surface area (Å²) in [5.74, 6) is -2.92. The van der Waals surface area contributed by atoms with Crippen molar-refractivity contribution in [1.29, 1.82) is 0 Å². The highest BCUT2D eigenvalue weighted by Gasteiger charge is 2.31. The van der Waals surface area contributed by atoms with Crippen molar-refractivity contribution in [3.63, 3.8) is 0 Å². The van der Waals surface area contributed by atoms with Crippen LogP contribution in [0.3, 0.4) is 0 Å². The van der Waals surface area contributed by atoms with Gasteiger partial charge in [-0.25, -0.2) is 18.0 Å². The number of nitrogens with one attached hydrogen (secondary N) is 1. The molecule has 122 valence electrons. The van der Waals surface area contributed by atoms with Crippen molar-refractivity contribution in [1.82, 2.24) is 10.2 Å². The van der Waals surface area contributed by atoms with E-state index in [0.717, 1.165) is 0 Å². The number of hydrogen-bond acceptors (Lipinski definition) is 3. The van der Waals surface area contributed by atoms with Crippen molar-refractivity contribution in [2.45, 2.75) is 32.4 Å². The van der Waals surface area contributed by atoms with Gasteiger partial charge in [-0.3, -0.25) is 0 Å². The third kappa shape index (κ3) is 3.91. The summed E-state index contributed by atoms with van der Waals surface area (Å²) in [5.41, 5.74) is -0.918. The molecule has 0 radical (unpaired) electrons. The molecule has 1 unspecified atom stereocenters. The molecule has 0 bridgehead atoms. The van der Waals surface area contributed by atoms with Crippen LogP contribution >= 0.6 is 0 Å². The van der Waals surface area contributed by atoms with Crippen molar-refractivity contribution in [3.05, 3.63) is 35.1 Å². The highest BCUT2D eigenvalue weighted by molar-refractivity contribution is 5.68. The fraction of sp³-hybridized carbons (Fsp3) is 0.533. The van der Waals surface area contributed by atoms with Gasteiger partial charge in [-0.1, -0.05) is 0 Å². The summed E-state index contributed by atoms with van der Waals surface area (Å²) < 4.78 is 45.9. The largest absolute Gasteiger partial charge is 0.444 e. The summed E-state index contributed by atoms with van der Waals surface area (Å²) in [6, 6.07) is 0.515.